The number of hydrogen-bond donors (Lipinski definition) is 1. The van der Waals surface area contributed by atoms with E-state index in [0.29, 0.717) is 4.57 Å². The molecule has 20 heteroatoms. The molecule has 2 nitrogen and oxygen atoms in total. The van der Waals surface area contributed by atoms with Crippen LogP contribution in [0.4, 0.5) is 74.6 Å². The number of aromatic nitrogens is 1. The van der Waals surface area contributed by atoms with Crippen LogP contribution < -0.4 is 4.57 Å². The second kappa shape index (κ2) is 9.30. The first-order chi connectivity index (χ1) is 15.7. The Balaban J connectivity index is 3.44. The molecule has 1 aromatic rings. The van der Waals surface area contributed by atoms with Gasteiger partial charge in [0.2, 0.25) is 5.51 Å². The Hall–Kier alpha value is -1.60. The predicted molar refractivity (Wildman–Crippen MR) is 85.3 cm³/mol. The fourth-order valence-electron chi connectivity index (χ4n) is 2.63. The van der Waals surface area contributed by atoms with Gasteiger partial charge in [-0.15, -0.1) is 0 Å². The molecule has 0 radical (unpaired) electrons. The molecular weight excluding hydrogens is 577 g/mol. The fraction of sp³-hybridized carbons (Fsp3) is 0.812. The van der Waals surface area contributed by atoms with Crippen molar-refractivity contribution < 1.29 is 84.3 Å². The van der Waals surface area contributed by atoms with Crippen molar-refractivity contribution in [1.82, 2.24) is 0 Å². The van der Waals surface area contributed by atoms with E-state index in [2.05, 4.69) is 0 Å². The zero-order valence-electron chi connectivity index (χ0n) is 17.1. The third-order valence-corrected chi connectivity index (χ3v) is 6.09. The minimum atomic E-state index is -8.63. The number of halogens is 17. The normalized spacial score (nSPS) is 15.5. The van der Waals surface area contributed by atoms with Gasteiger partial charge in [0.25, 0.3) is 0 Å². The first-order valence-corrected chi connectivity index (χ1v) is 9.85. The summed E-state index contributed by atoms with van der Waals surface area (Å²) in [5, 5.41) is 8.80. The van der Waals surface area contributed by atoms with Crippen molar-refractivity contribution >= 4 is 11.3 Å². The molecule has 0 aliphatic carbocycles. The Labute approximate surface area is 193 Å². The van der Waals surface area contributed by atoms with Crippen molar-refractivity contribution in [1.29, 1.82) is 0 Å². The van der Waals surface area contributed by atoms with Crippen molar-refractivity contribution in [3.63, 3.8) is 0 Å². The molecule has 0 aliphatic heterocycles. The quantitative estimate of drug-likeness (QED) is 0.238. The van der Waals surface area contributed by atoms with E-state index < -0.39 is 67.2 Å². The summed E-state index contributed by atoms with van der Waals surface area (Å²) in [6.45, 7) is -0.718. The van der Waals surface area contributed by atoms with Gasteiger partial charge >= 0.3 is 47.6 Å². The molecule has 0 spiro atoms. The maximum atomic E-state index is 13.9. The first kappa shape index (κ1) is 32.4. The SMILES string of the molecule is Cc1c(CCO)sc[n+]1CCC(F)(F)C(F)(F)C(F)(F)C(F)(F)C(F)(F)C(F)(F)C(F)(F)C(F)(F)F. The number of nitrogens with zero attached hydrogens (tertiary/aromatic N) is 1. The second-order valence-corrected chi connectivity index (χ2v) is 8.24. The highest BCUT2D eigenvalue weighted by molar-refractivity contribution is 7.09. The van der Waals surface area contributed by atoms with Crippen LogP contribution in [0, 0.1) is 6.92 Å². The van der Waals surface area contributed by atoms with Crippen LogP contribution >= 0.6 is 11.3 Å². The van der Waals surface area contributed by atoms with Gasteiger partial charge in [-0.1, -0.05) is 11.3 Å². The molecule has 0 saturated heterocycles. The molecule has 1 N–H and O–H groups in total. The van der Waals surface area contributed by atoms with Crippen molar-refractivity contribution in [2.75, 3.05) is 6.61 Å². The highest BCUT2D eigenvalue weighted by Crippen LogP contribution is 2.64. The fourth-order valence-corrected chi connectivity index (χ4v) is 3.64. The van der Waals surface area contributed by atoms with Gasteiger partial charge in [-0.05, 0) is 0 Å². The molecule has 36 heavy (non-hydrogen) atoms. The summed E-state index contributed by atoms with van der Waals surface area (Å²) in [6.07, 6.45) is -10.4. The molecule has 1 heterocycles. The van der Waals surface area contributed by atoms with Crippen LogP contribution in [-0.2, 0) is 13.0 Å². The highest BCUT2D eigenvalue weighted by atomic mass is 32.1. The number of aryl methyl sites for hydroxylation is 1. The van der Waals surface area contributed by atoms with Crippen LogP contribution in [0.25, 0.3) is 0 Å². The van der Waals surface area contributed by atoms with Gasteiger partial charge < -0.3 is 5.11 Å². The van der Waals surface area contributed by atoms with Crippen molar-refractivity contribution in [2.24, 2.45) is 0 Å². The maximum Gasteiger partial charge on any atom is 0.460 e. The molecule has 0 fully saturated rings. The van der Waals surface area contributed by atoms with E-state index in [0.717, 1.165) is 23.8 Å². The molecule has 0 aliphatic rings. The average molecular weight is 590 g/mol. The lowest BCUT2D eigenvalue weighted by molar-refractivity contribution is -0.701. The van der Waals surface area contributed by atoms with E-state index in [1.807, 2.05) is 0 Å². The Kier molecular flexibility index (Phi) is 8.38. The number of aliphatic hydroxyl groups is 1. The Morgan fingerprint density at radius 3 is 1.44 bits per heavy atom. The van der Waals surface area contributed by atoms with Crippen LogP contribution in [0.1, 0.15) is 17.0 Å². The van der Waals surface area contributed by atoms with Crippen LogP contribution in [0.5, 0.6) is 0 Å². The first-order valence-electron chi connectivity index (χ1n) is 8.97. The van der Waals surface area contributed by atoms with Gasteiger partial charge in [0.15, 0.2) is 12.2 Å². The van der Waals surface area contributed by atoms with Crippen molar-refractivity contribution in [3.05, 3.63) is 16.1 Å². The molecule has 0 saturated carbocycles. The van der Waals surface area contributed by atoms with Crippen molar-refractivity contribution in [2.45, 2.75) is 73.9 Å². The van der Waals surface area contributed by atoms with Gasteiger partial charge in [0, 0.05) is 20.0 Å². The number of rotatable bonds is 11. The molecule has 1 aromatic heterocycles. The molecule has 0 atom stereocenters. The second-order valence-electron chi connectivity index (χ2n) is 7.30. The summed E-state index contributed by atoms with van der Waals surface area (Å²) < 4.78 is 226. The number of hydrogen-bond acceptors (Lipinski definition) is 2. The average Bonchev–Trinajstić information content (AvgIpc) is 3.04. The predicted octanol–water partition coefficient (Wildman–Crippen LogP) is 6.28. The van der Waals surface area contributed by atoms with Crippen molar-refractivity contribution in [3.8, 4) is 0 Å². The summed E-state index contributed by atoms with van der Waals surface area (Å²) in [4.78, 5) is 0.261. The lowest BCUT2D eigenvalue weighted by Gasteiger charge is -2.42. The molecular formula is C16H13F17NOS+. The number of aliphatic hydroxyl groups excluding tert-OH is 1. The lowest BCUT2D eigenvalue weighted by Crippen LogP contribution is -2.74. The monoisotopic (exact) mass is 590 g/mol. The van der Waals surface area contributed by atoms with Crippen LogP contribution in [-0.4, -0.2) is 59.3 Å². The summed E-state index contributed by atoms with van der Waals surface area (Å²) in [7, 11) is 0. The van der Waals surface area contributed by atoms with Gasteiger partial charge in [-0.2, -0.15) is 79.2 Å². The number of alkyl halides is 17. The largest absolute Gasteiger partial charge is 0.460 e. The molecule has 0 bridgehead atoms. The highest BCUT2D eigenvalue weighted by Gasteiger charge is 2.95. The molecule has 1 rings (SSSR count). The third kappa shape index (κ3) is 4.59. The smallest absolute Gasteiger partial charge is 0.396 e. The van der Waals surface area contributed by atoms with Crippen LogP contribution in [0.3, 0.4) is 0 Å². The molecule has 0 unspecified atom stereocenters. The minimum Gasteiger partial charge on any atom is -0.396 e. The Morgan fingerprint density at radius 1 is 0.667 bits per heavy atom. The Morgan fingerprint density at radius 2 is 1.06 bits per heavy atom. The Bertz CT molecular complexity index is 920. The van der Waals surface area contributed by atoms with E-state index in [1.54, 1.807) is 0 Å². The zero-order chi connectivity index (χ0) is 29.0. The van der Waals surface area contributed by atoms with Gasteiger partial charge in [0.05, 0.1) is 11.3 Å². The van der Waals surface area contributed by atoms with E-state index in [1.165, 1.54) is 0 Å². The topological polar surface area (TPSA) is 24.1 Å². The summed E-state index contributed by atoms with van der Waals surface area (Å²) in [5.74, 6) is -56.2. The standard InChI is InChI=1S/C16H13F17NOS/c1-7-8(2-5-35)36-6-34(7)4-3-9(17,18)10(19,20)11(21,22)12(23,24)13(25,26)14(27,28)15(29,30)16(31,32)33/h6,35H,2-5H2,1H3/q+1. The summed E-state index contributed by atoms with van der Waals surface area (Å²) in [6, 6.07) is 0. The summed E-state index contributed by atoms with van der Waals surface area (Å²) >= 11 is 0.736. The van der Waals surface area contributed by atoms with E-state index in [9.17, 15) is 74.6 Å². The number of thiazole rings is 1. The minimum absolute atomic E-state index is 0.00851. The van der Waals surface area contributed by atoms with Crippen LogP contribution in [0.15, 0.2) is 5.51 Å². The lowest BCUT2D eigenvalue weighted by atomic mass is 9.88. The molecule has 212 valence electrons. The summed E-state index contributed by atoms with van der Waals surface area (Å²) in [5.41, 5.74) is 0.917. The third-order valence-electron chi connectivity index (χ3n) is 4.95. The molecule has 0 aromatic carbocycles. The van der Waals surface area contributed by atoms with Gasteiger partial charge in [0.1, 0.15) is 0 Å². The van der Waals surface area contributed by atoms with Gasteiger partial charge in [-0.3, -0.25) is 0 Å². The van der Waals surface area contributed by atoms with E-state index in [4.69, 9.17) is 5.11 Å². The molecule has 0 amide bonds. The van der Waals surface area contributed by atoms with Gasteiger partial charge in [-0.25, -0.2) is 0 Å². The van der Waals surface area contributed by atoms with Crippen LogP contribution in [0.2, 0.25) is 0 Å². The zero-order valence-corrected chi connectivity index (χ0v) is 18.0. The maximum absolute atomic E-state index is 13.9. The van der Waals surface area contributed by atoms with E-state index >= 15 is 0 Å². The van der Waals surface area contributed by atoms with E-state index in [-0.39, 0.29) is 17.0 Å².